The van der Waals surface area contributed by atoms with Crippen LogP contribution in [0.3, 0.4) is 0 Å². The van der Waals surface area contributed by atoms with Crippen LogP contribution in [0.25, 0.3) is 0 Å². The van der Waals surface area contributed by atoms with Gasteiger partial charge in [0.05, 0.1) is 11.5 Å². The average molecular weight is 392 g/mol. The summed E-state index contributed by atoms with van der Waals surface area (Å²) in [7, 11) is 14.9. The van der Waals surface area contributed by atoms with Crippen molar-refractivity contribution < 1.29 is 19.8 Å². The molecule has 2 N–H and O–H groups in total. The minimum absolute atomic E-state index is 0.0949. The fraction of sp³-hybridized carbons (Fsp3) is 1.00. The number of rotatable bonds is 0. The van der Waals surface area contributed by atoms with E-state index in [2.05, 4.69) is 12.2 Å². The van der Waals surface area contributed by atoms with Crippen molar-refractivity contribution >= 4 is 51.1 Å². The van der Waals surface area contributed by atoms with Crippen molar-refractivity contribution in [2.45, 2.75) is 55.1 Å². The number of hydrogen-bond donors (Lipinski definition) is 2. The molecule has 2 aliphatic rings. The van der Waals surface area contributed by atoms with Gasteiger partial charge in [0.1, 0.15) is 0 Å². The predicted octanol–water partition coefficient (Wildman–Crippen LogP) is 3.79. The van der Waals surface area contributed by atoms with Crippen LogP contribution in [-0.2, 0) is 14.7 Å². The number of alkyl halides is 2. The van der Waals surface area contributed by atoms with Gasteiger partial charge in [-0.15, -0.1) is 23.2 Å². The van der Waals surface area contributed by atoms with E-state index in [1.54, 1.807) is 0 Å². The zero-order chi connectivity index (χ0) is 13.9. The summed E-state index contributed by atoms with van der Waals surface area (Å²) in [5.41, 5.74) is 0. The van der Waals surface area contributed by atoms with E-state index in [1.165, 1.54) is 0 Å². The van der Waals surface area contributed by atoms with E-state index in [-0.39, 0.29) is 16.8 Å². The topological polar surface area (TPSA) is 32.3 Å². The summed E-state index contributed by atoms with van der Waals surface area (Å²) in [4.78, 5) is 0. The van der Waals surface area contributed by atoms with E-state index in [0.717, 1.165) is 19.3 Å². The molecule has 6 atom stereocenters. The Labute approximate surface area is 136 Å². The van der Waals surface area contributed by atoms with Gasteiger partial charge < -0.3 is 10.4 Å². The Kier molecular flexibility index (Phi) is 8.57. The molecule has 1 aliphatic carbocycles. The molecule has 0 spiro atoms. The first kappa shape index (κ1) is 18.1. The van der Waals surface area contributed by atoms with Gasteiger partial charge in [0.2, 0.25) is 0 Å². The third-order valence-corrected chi connectivity index (χ3v) is 4.46. The molecule has 8 heteroatoms. The number of halogens is 5. The maximum atomic E-state index is 9.96. The van der Waals surface area contributed by atoms with Crippen LogP contribution in [0.4, 0.5) is 0 Å². The molecule has 0 aromatic rings. The first-order valence-corrected chi connectivity index (χ1v) is 13.2. The minimum atomic E-state index is -1.92. The number of nitrogens with one attached hydrogen (secondary N) is 1. The van der Waals surface area contributed by atoms with Gasteiger partial charge in [-0.3, -0.25) is 0 Å². The summed E-state index contributed by atoms with van der Waals surface area (Å²) in [6.45, 7) is 2.14. The molecular formula is C10H17Cl5NOTi. The first-order valence-electron chi connectivity index (χ1n) is 5.88. The molecule has 2 rings (SSSR count). The summed E-state index contributed by atoms with van der Waals surface area (Å²) < 4.78 is 0. The third kappa shape index (κ3) is 5.46. The maximum absolute atomic E-state index is 9.96. The van der Waals surface area contributed by atoms with Crippen molar-refractivity contribution in [3.8, 4) is 0 Å². The summed E-state index contributed by atoms with van der Waals surface area (Å²) in [6, 6.07) is 0.564. The van der Waals surface area contributed by atoms with E-state index < -0.39 is 20.8 Å². The average Bonchev–Trinajstić information content (AvgIpc) is 2.25. The second-order valence-electron chi connectivity index (χ2n) is 4.81. The quantitative estimate of drug-likeness (QED) is 0.486. The third-order valence-electron chi connectivity index (χ3n) is 3.52. The molecule has 2 nitrogen and oxygen atoms in total. The molecule has 6 unspecified atom stereocenters. The molecular weight excluding hydrogens is 375 g/mol. The molecule has 107 valence electrons. The second-order valence-corrected chi connectivity index (χ2v) is 13.7. The fourth-order valence-corrected chi connectivity index (χ4v) is 3.58. The van der Waals surface area contributed by atoms with Gasteiger partial charge >= 0.3 is 42.6 Å². The van der Waals surface area contributed by atoms with Crippen LogP contribution in [0.5, 0.6) is 0 Å². The van der Waals surface area contributed by atoms with E-state index in [4.69, 9.17) is 51.1 Å². The Balaban J connectivity index is 0.000000357. The van der Waals surface area contributed by atoms with Crippen LogP contribution in [0.2, 0.25) is 0 Å². The van der Waals surface area contributed by atoms with Crippen LogP contribution in [0.1, 0.15) is 26.2 Å². The molecule has 18 heavy (non-hydrogen) atoms. The Morgan fingerprint density at radius 1 is 1.11 bits per heavy atom. The van der Waals surface area contributed by atoms with Crippen LogP contribution >= 0.6 is 51.1 Å². The second kappa shape index (κ2) is 8.51. The van der Waals surface area contributed by atoms with E-state index in [9.17, 15) is 5.11 Å². The number of piperidine rings is 1. The molecule has 2 fully saturated rings. The molecule has 0 aromatic carbocycles. The normalized spacial score (nSPS) is 43.5. The zero-order valence-corrected chi connectivity index (χ0v) is 15.3. The summed E-state index contributed by atoms with van der Waals surface area (Å²) in [5, 5.41) is 13.3. The molecule has 1 saturated carbocycles. The van der Waals surface area contributed by atoms with Crippen molar-refractivity contribution in [3.63, 3.8) is 0 Å². The Bertz CT molecular complexity index is 258. The van der Waals surface area contributed by atoms with Crippen LogP contribution < -0.4 is 5.32 Å². The SMILES string of the molecule is CC1CCC2C(Cl)CC(Cl)C(O)C2N1.[Cl][Ti]([Cl])[Cl]. The van der Waals surface area contributed by atoms with Gasteiger partial charge in [0.25, 0.3) is 0 Å². The predicted molar refractivity (Wildman–Crippen MR) is 76.6 cm³/mol. The van der Waals surface area contributed by atoms with Crippen molar-refractivity contribution in [2.75, 3.05) is 0 Å². The number of aliphatic hydroxyl groups is 1. The van der Waals surface area contributed by atoms with Gasteiger partial charge in [0.15, 0.2) is 0 Å². The Morgan fingerprint density at radius 3 is 2.22 bits per heavy atom. The monoisotopic (exact) mass is 390 g/mol. The molecule has 0 amide bonds. The van der Waals surface area contributed by atoms with Gasteiger partial charge in [-0.2, -0.15) is 0 Å². The van der Waals surface area contributed by atoms with Crippen molar-refractivity contribution in [3.05, 3.63) is 0 Å². The standard InChI is InChI=1S/C10H17Cl2NO.3ClH.Ti/c1-5-2-3-6-7(11)4-8(12)10(14)9(6)13-5;;;;/h5-10,13-14H,2-4H2,1H3;3*1H;/q;;;;+3/p-3. The zero-order valence-electron chi connectivity index (χ0n) is 9.92. The Hall–Kier alpha value is 2.08. The van der Waals surface area contributed by atoms with E-state index in [0.29, 0.717) is 12.0 Å². The number of hydrogen-bond acceptors (Lipinski definition) is 2. The van der Waals surface area contributed by atoms with Crippen molar-refractivity contribution in [1.82, 2.24) is 5.32 Å². The van der Waals surface area contributed by atoms with Gasteiger partial charge in [-0.1, -0.05) is 0 Å². The van der Waals surface area contributed by atoms with Crippen LogP contribution in [-0.4, -0.2) is 34.0 Å². The fourth-order valence-electron chi connectivity index (χ4n) is 2.67. The van der Waals surface area contributed by atoms with Gasteiger partial charge in [0, 0.05) is 17.5 Å². The van der Waals surface area contributed by atoms with E-state index in [1.807, 2.05) is 0 Å². The van der Waals surface area contributed by atoms with Gasteiger partial charge in [-0.25, -0.2) is 0 Å². The van der Waals surface area contributed by atoms with E-state index >= 15 is 0 Å². The Morgan fingerprint density at radius 2 is 1.67 bits per heavy atom. The molecule has 0 radical (unpaired) electrons. The van der Waals surface area contributed by atoms with Gasteiger partial charge in [-0.05, 0) is 32.1 Å². The van der Waals surface area contributed by atoms with Crippen LogP contribution in [0, 0.1) is 5.92 Å². The number of fused-ring (bicyclic) bond motifs is 1. The summed E-state index contributed by atoms with van der Waals surface area (Å²) >= 11 is 10.4. The van der Waals surface area contributed by atoms with Crippen molar-refractivity contribution in [1.29, 1.82) is 0 Å². The molecule has 1 heterocycles. The molecule has 0 bridgehead atoms. The van der Waals surface area contributed by atoms with Crippen molar-refractivity contribution in [2.24, 2.45) is 5.92 Å². The molecule has 0 aromatic heterocycles. The first-order chi connectivity index (χ1) is 8.32. The summed E-state index contributed by atoms with van der Waals surface area (Å²) in [6.07, 6.45) is 2.53. The molecule has 1 aliphatic heterocycles. The summed E-state index contributed by atoms with van der Waals surface area (Å²) in [5.74, 6) is 0.387. The molecule has 1 saturated heterocycles. The van der Waals surface area contributed by atoms with Crippen LogP contribution in [0.15, 0.2) is 0 Å². The number of aliphatic hydroxyl groups excluding tert-OH is 1.